The van der Waals surface area contributed by atoms with Crippen LogP contribution in [0.5, 0.6) is 0 Å². The first-order valence-electron chi connectivity index (χ1n) is 8.33. The van der Waals surface area contributed by atoms with Crippen LogP contribution in [-0.4, -0.2) is 27.5 Å². The van der Waals surface area contributed by atoms with Gasteiger partial charge in [-0.1, -0.05) is 19.3 Å². The summed E-state index contributed by atoms with van der Waals surface area (Å²) in [5.41, 5.74) is 0.289. The molecule has 0 aliphatic heterocycles. The van der Waals surface area contributed by atoms with E-state index in [1.165, 1.54) is 0 Å². The molecule has 0 spiro atoms. The Morgan fingerprint density at radius 2 is 1.78 bits per heavy atom. The number of aromatic nitrogens is 1. The number of aromatic amines is 1. The fourth-order valence-corrected chi connectivity index (χ4v) is 3.68. The first-order chi connectivity index (χ1) is 11.0. The molecule has 3 rings (SSSR count). The quantitative estimate of drug-likeness (QED) is 0.740. The monoisotopic (exact) mass is 318 g/mol. The van der Waals surface area contributed by atoms with Crippen molar-refractivity contribution in [3.63, 3.8) is 0 Å². The maximum atomic E-state index is 12.5. The first kappa shape index (κ1) is 15.8. The Kier molecular flexibility index (Phi) is 4.24. The number of rotatable bonds is 3. The minimum Gasteiger partial charge on any atom is -0.480 e. The molecule has 2 aliphatic carbocycles. The van der Waals surface area contributed by atoms with Crippen molar-refractivity contribution in [3.05, 3.63) is 33.2 Å². The zero-order chi connectivity index (χ0) is 16.4. The lowest BCUT2D eigenvalue weighted by Gasteiger charge is -2.25. The van der Waals surface area contributed by atoms with Gasteiger partial charge in [0.15, 0.2) is 0 Å². The summed E-state index contributed by atoms with van der Waals surface area (Å²) in [6.45, 7) is 0. The fourth-order valence-electron chi connectivity index (χ4n) is 3.68. The highest BCUT2D eigenvalue weighted by atomic mass is 16.4. The highest BCUT2D eigenvalue weighted by molar-refractivity contribution is 5.97. The molecule has 1 heterocycles. The minimum atomic E-state index is -1.23. The number of aryl methyl sites for hydroxylation is 2. The standard InChI is InChI=1S/C17H22N2O4/c20-14-12(10-11-6-2-1-3-7-13(11)18-14)15(21)19-17(16(22)23)8-4-5-9-17/h10H,1-9H2,(H,18,20)(H,19,21)(H,22,23). The van der Waals surface area contributed by atoms with Crippen molar-refractivity contribution < 1.29 is 14.7 Å². The largest absolute Gasteiger partial charge is 0.480 e. The number of fused-ring (bicyclic) bond motifs is 1. The second-order valence-corrected chi connectivity index (χ2v) is 6.63. The number of aliphatic carboxylic acids is 1. The van der Waals surface area contributed by atoms with E-state index in [2.05, 4.69) is 10.3 Å². The van der Waals surface area contributed by atoms with E-state index >= 15 is 0 Å². The number of amides is 1. The smallest absolute Gasteiger partial charge is 0.329 e. The summed E-state index contributed by atoms with van der Waals surface area (Å²) >= 11 is 0. The van der Waals surface area contributed by atoms with Gasteiger partial charge in [-0.05, 0) is 50.2 Å². The van der Waals surface area contributed by atoms with Gasteiger partial charge in [-0.3, -0.25) is 9.59 Å². The molecule has 0 saturated heterocycles. The van der Waals surface area contributed by atoms with Gasteiger partial charge in [-0.25, -0.2) is 4.79 Å². The zero-order valence-electron chi connectivity index (χ0n) is 13.1. The molecule has 1 aromatic rings. The van der Waals surface area contributed by atoms with Crippen molar-refractivity contribution in [2.75, 3.05) is 0 Å². The van der Waals surface area contributed by atoms with Gasteiger partial charge < -0.3 is 15.4 Å². The molecule has 6 heteroatoms. The molecular weight excluding hydrogens is 296 g/mol. The van der Waals surface area contributed by atoms with Gasteiger partial charge in [0.05, 0.1) is 0 Å². The molecule has 0 aromatic carbocycles. The number of carbonyl (C=O) groups excluding carboxylic acids is 1. The van der Waals surface area contributed by atoms with E-state index < -0.39 is 23.0 Å². The van der Waals surface area contributed by atoms with E-state index in [0.717, 1.165) is 56.2 Å². The molecular formula is C17H22N2O4. The lowest BCUT2D eigenvalue weighted by atomic mass is 9.97. The van der Waals surface area contributed by atoms with Crippen LogP contribution in [0.2, 0.25) is 0 Å². The molecule has 23 heavy (non-hydrogen) atoms. The van der Waals surface area contributed by atoms with E-state index in [1.807, 2.05) is 0 Å². The molecule has 1 aromatic heterocycles. The Morgan fingerprint density at radius 1 is 1.09 bits per heavy atom. The van der Waals surface area contributed by atoms with E-state index in [9.17, 15) is 19.5 Å². The lowest BCUT2D eigenvalue weighted by Crippen LogP contribution is -2.53. The summed E-state index contributed by atoms with van der Waals surface area (Å²) < 4.78 is 0. The van der Waals surface area contributed by atoms with Crippen LogP contribution >= 0.6 is 0 Å². The van der Waals surface area contributed by atoms with E-state index in [-0.39, 0.29) is 5.56 Å². The molecule has 0 radical (unpaired) electrons. The van der Waals surface area contributed by atoms with Gasteiger partial charge >= 0.3 is 5.97 Å². The summed E-state index contributed by atoms with van der Waals surface area (Å²) in [6, 6.07) is 1.65. The highest BCUT2D eigenvalue weighted by Crippen LogP contribution is 2.30. The van der Waals surface area contributed by atoms with Crippen molar-refractivity contribution in [1.29, 1.82) is 0 Å². The van der Waals surface area contributed by atoms with Crippen LogP contribution in [-0.2, 0) is 17.6 Å². The van der Waals surface area contributed by atoms with Crippen LogP contribution in [0.25, 0.3) is 0 Å². The Balaban J connectivity index is 1.89. The van der Waals surface area contributed by atoms with Gasteiger partial charge in [0.25, 0.3) is 11.5 Å². The van der Waals surface area contributed by atoms with Crippen LogP contribution in [0.3, 0.4) is 0 Å². The van der Waals surface area contributed by atoms with Crippen molar-refractivity contribution in [1.82, 2.24) is 10.3 Å². The van der Waals surface area contributed by atoms with Crippen molar-refractivity contribution in [2.24, 2.45) is 0 Å². The van der Waals surface area contributed by atoms with Crippen LogP contribution in [0.15, 0.2) is 10.9 Å². The third kappa shape index (κ3) is 3.02. The predicted octanol–water partition coefficient (Wildman–Crippen LogP) is 1.77. The second kappa shape index (κ2) is 6.18. The first-order valence-corrected chi connectivity index (χ1v) is 8.33. The molecule has 1 amide bonds. The molecule has 1 fully saturated rings. The number of hydrogen-bond donors (Lipinski definition) is 3. The SMILES string of the molecule is O=C(NC1(C(=O)O)CCCC1)c1cc2c([nH]c1=O)CCCCC2. The van der Waals surface area contributed by atoms with Crippen molar-refractivity contribution in [2.45, 2.75) is 63.3 Å². The maximum Gasteiger partial charge on any atom is 0.329 e. The number of carbonyl (C=O) groups is 2. The van der Waals surface area contributed by atoms with Crippen LogP contribution in [0.1, 0.15) is 66.6 Å². The second-order valence-electron chi connectivity index (χ2n) is 6.63. The molecule has 2 aliphatic rings. The molecule has 0 bridgehead atoms. The Hall–Kier alpha value is -2.11. The molecule has 0 unspecified atom stereocenters. The summed E-state index contributed by atoms with van der Waals surface area (Å²) in [5.74, 6) is -1.60. The Labute approximate surface area is 134 Å². The van der Waals surface area contributed by atoms with Crippen molar-refractivity contribution in [3.8, 4) is 0 Å². The number of carboxylic acid groups (broad SMARTS) is 1. The summed E-state index contributed by atoms with van der Waals surface area (Å²) in [5, 5.41) is 12.1. The number of nitrogens with one attached hydrogen (secondary N) is 2. The molecule has 1 saturated carbocycles. The predicted molar refractivity (Wildman–Crippen MR) is 84.6 cm³/mol. The fraction of sp³-hybridized carbons (Fsp3) is 0.588. The van der Waals surface area contributed by atoms with Crippen LogP contribution in [0, 0.1) is 0 Å². The maximum absolute atomic E-state index is 12.5. The third-order valence-corrected chi connectivity index (χ3v) is 5.05. The minimum absolute atomic E-state index is 0.0261. The molecule has 6 nitrogen and oxygen atoms in total. The number of hydrogen-bond acceptors (Lipinski definition) is 3. The normalized spacial score (nSPS) is 19.7. The topological polar surface area (TPSA) is 99.3 Å². The third-order valence-electron chi connectivity index (χ3n) is 5.05. The summed E-state index contributed by atoms with van der Waals surface area (Å²) in [7, 11) is 0. The van der Waals surface area contributed by atoms with Gasteiger partial charge in [0.2, 0.25) is 0 Å². The highest BCUT2D eigenvalue weighted by Gasteiger charge is 2.43. The number of carboxylic acids is 1. The summed E-state index contributed by atoms with van der Waals surface area (Å²) in [4.78, 5) is 39.1. The number of H-pyrrole nitrogens is 1. The van der Waals surface area contributed by atoms with E-state index in [0.29, 0.717) is 12.8 Å². The van der Waals surface area contributed by atoms with E-state index in [1.54, 1.807) is 6.07 Å². The van der Waals surface area contributed by atoms with Gasteiger partial charge in [0.1, 0.15) is 11.1 Å². The molecule has 3 N–H and O–H groups in total. The van der Waals surface area contributed by atoms with Crippen LogP contribution < -0.4 is 10.9 Å². The molecule has 0 atom stereocenters. The average Bonchev–Trinajstić information content (AvgIpc) is 2.87. The lowest BCUT2D eigenvalue weighted by molar-refractivity contribution is -0.144. The van der Waals surface area contributed by atoms with E-state index in [4.69, 9.17) is 0 Å². The van der Waals surface area contributed by atoms with Gasteiger partial charge in [-0.15, -0.1) is 0 Å². The average molecular weight is 318 g/mol. The van der Waals surface area contributed by atoms with Gasteiger partial charge in [0, 0.05) is 5.69 Å². The summed E-state index contributed by atoms with van der Waals surface area (Å²) in [6.07, 6.45) is 7.23. The van der Waals surface area contributed by atoms with Crippen molar-refractivity contribution >= 4 is 11.9 Å². The molecule has 124 valence electrons. The number of pyridine rings is 1. The van der Waals surface area contributed by atoms with Gasteiger partial charge in [-0.2, -0.15) is 0 Å². The Morgan fingerprint density at radius 3 is 2.48 bits per heavy atom. The Bertz CT molecular complexity index is 686. The van der Waals surface area contributed by atoms with Crippen LogP contribution in [0.4, 0.5) is 0 Å². The zero-order valence-corrected chi connectivity index (χ0v) is 13.1.